The monoisotopic (exact) mass is 232 g/mol. The van der Waals surface area contributed by atoms with Crippen molar-refractivity contribution in [2.24, 2.45) is 0 Å². The molecule has 1 aliphatic rings. The molecule has 16 heavy (non-hydrogen) atoms. The maximum atomic E-state index is 10.9. The van der Waals surface area contributed by atoms with E-state index in [2.05, 4.69) is 0 Å². The first-order chi connectivity index (χ1) is 7.63. The summed E-state index contributed by atoms with van der Waals surface area (Å²) >= 11 is 0. The number of rotatable bonds is 2. The molecule has 0 amide bonds. The molecule has 0 aromatic carbocycles. The lowest BCUT2D eigenvalue weighted by atomic mass is 10.1. The van der Waals surface area contributed by atoms with Crippen LogP contribution in [0.1, 0.15) is 25.7 Å². The molecule has 0 bridgehead atoms. The van der Waals surface area contributed by atoms with Gasteiger partial charge in [0.2, 0.25) is 0 Å². The summed E-state index contributed by atoms with van der Waals surface area (Å²) in [6.07, 6.45) is 0.527. The first-order valence-electron chi connectivity index (χ1n) is 5.31. The smallest absolute Gasteiger partial charge is 0.336 e. The summed E-state index contributed by atoms with van der Waals surface area (Å²) in [6, 6.07) is 0. The van der Waals surface area contributed by atoms with Crippen LogP contribution in [0, 0.1) is 0 Å². The van der Waals surface area contributed by atoms with Gasteiger partial charge in [-0.25, -0.2) is 9.59 Å². The quantitative estimate of drug-likeness (QED) is 0.720. The van der Waals surface area contributed by atoms with Crippen molar-refractivity contribution in [3.8, 4) is 0 Å². The standard InChI is InChI=1S/C10H16O6/c11-9(12)7-8(10(13)14)16-6-4-2-1-3-5-15-7/h7-8H,1-6H2,(H,11,12)(H,13,14). The van der Waals surface area contributed by atoms with Crippen LogP contribution in [0.15, 0.2) is 0 Å². The van der Waals surface area contributed by atoms with E-state index >= 15 is 0 Å². The summed E-state index contributed by atoms with van der Waals surface area (Å²) in [5, 5.41) is 17.7. The van der Waals surface area contributed by atoms with E-state index in [1.165, 1.54) is 0 Å². The number of hydrogen-bond donors (Lipinski definition) is 2. The highest BCUT2D eigenvalue weighted by Gasteiger charge is 2.35. The molecular formula is C10H16O6. The van der Waals surface area contributed by atoms with Crippen molar-refractivity contribution < 1.29 is 29.3 Å². The van der Waals surface area contributed by atoms with Crippen LogP contribution in [0.3, 0.4) is 0 Å². The van der Waals surface area contributed by atoms with Crippen LogP contribution in [-0.4, -0.2) is 47.6 Å². The van der Waals surface area contributed by atoms with Crippen LogP contribution in [-0.2, 0) is 19.1 Å². The van der Waals surface area contributed by atoms with Gasteiger partial charge in [0.1, 0.15) is 0 Å². The Kier molecular flexibility index (Phi) is 5.21. The fourth-order valence-corrected chi connectivity index (χ4v) is 1.55. The van der Waals surface area contributed by atoms with E-state index in [9.17, 15) is 9.59 Å². The number of ether oxygens (including phenoxy) is 2. The van der Waals surface area contributed by atoms with Crippen LogP contribution in [0.4, 0.5) is 0 Å². The van der Waals surface area contributed by atoms with E-state index in [1.807, 2.05) is 0 Å². The van der Waals surface area contributed by atoms with E-state index in [0.717, 1.165) is 25.7 Å². The first-order valence-corrected chi connectivity index (χ1v) is 5.31. The van der Waals surface area contributed by atoms with Gasteiger partial charge >= 0.3 is 11.9 Å². The number of carboxylic acid groups (broad SMARTS) is 2. The van der Waals surface area contributed by atoms with Crippen molar-refractivity contribution in [1.29, 1.82) is 0 Å². The van der Waals surface area contributed by atoms with Crippen molar-refractivity contribution >= 4 is 11.9 Å². The Balaban J connectivity index is 2.68. The fourth-order valence-electron chi connectivity index (χ4n) is 1.55. The lowest BCUT2D eigenvalue weighted by Gasteiger charge is -2.22. The predicted octanol–water partition coefficient (Wildman–Crippen LogP) is 0.500. The third kappa shape index (κ3) is 3.79. The zero-order valence-electron chi connectivity index (χ0n) is 8.92. The van der Waals surface area contributed by atoms with Gasteiger partial charge in [-0.2, -0.15) is 0 Å². The van der Waals surface area contributed by atoms with Crippen molar-refractivity contribution in [2.75, 3.05) is 13.2 Å². The Morgan fingerprint density at radius 2 is 1.19 bits per heavy atom. The summed E-state index contributed by atoms with van der Waals surface area (Å²) in [5.74, 6) is -2.60. The molecule has 2 unspecified atom stereocenters. The highest BCUT2D eigenvalue weighted by molar-refractivity contribution is 5.83. The number of hydrogen-bond acceptors (Lipinski definition) is 4. The second-order valence-corrected chi connectivity index (χ2v) is 3.67. The minimum absolute atomic E-state index is 0.254. The molecule has 0 spiro atoms. The first kappa shape index (κ1) is 12.9. The van der Waals surface area contributed by atoms with Crippen molar-refractivity contribution in [3.05, 3.63) is 0 Å². The van der Waals surface area contributed by atoms with Gasteiger partial charge in [0.15, 0.2) is 12.2 Å². The van der Waals surface area contributed by atoms with E-state index in [0.29, 0.717) is 0 Å². The molecule has 0 saturated carbocycles. The Morgan fingerprint density at radius 3 is 1.50 bits per heavy atom. The molecule has 1 aliphatic heterocycles. The summed E-state index contributed by atoms with van der Waals surface area (Å²) in [7, 11) is 0. The lowest BCUT2D eigenvalue weighted by Crippen LogP contribution is -2.44. The Hall–Kier alpha value is -1.14. The van der Waals surface area contributed by atoms with Crippen LogP contribution < -0.4 is 0 Å². The zero-order valence-corrected chi connectivity index (χ0v) is 8.92. The van der Waals surface area contributed by atoms with E-state index < -0.39 is 24.1 Å². The van der Waals surface area contributed by atoms with Gasteiger partial charge in [-0.3, -0.25) is 0 Å². The van der Waals surface area contributed by atoms with E-state index in [4.69, 9.17) is 19.7 Å². The average Bonchev–Trinajstić information content (AvgIpc) is 2.24. The van der Waals surface area contributed by atoms with Gasteiger partial charge in [0.25, 0.3) is 0 Å². The molecule has 6 nitrogen and oxygen atoms in total. The SMILES string of the molecule is O=C(O)C1OCCCCCCOC1C(=O)O. The second-order valence-electron chi connectivity index (χ2n) is 3.67. The van der Waals surface area contributed by atoms with Crippen LogP contribution in [0.5, 0.6) is 0 Å². The molecule has 0 aromatic heterocycles. The molecule has 0 aromatic rings. The fraction of sp³-hybridized carbons (Fsp3) is 0.800. The van der Waals surface area contributed by atoms with Gasteiger partial charge in [-0.05, 0) is 12.8 Å². The summed E-state index contributed by atoms with van der Waals surface area (Å²) in [4.78, 5) is 21.7. The van der Waals surface area contributed by atoms with Crippen LogP contribution in [0.2, 0.25) is 0 Å². The third-order valence-electron chi connectivity index (χ3n) is 2.40. The van der Waals surface area contributed by atoms with E-state index in [1.54, 1.807) is 0 Å². The molecule has 2 atom stereocenters. The molecule has 0 radical (unpaired) electrons. The van der Waals surface area contributed by atoms with Gasteiger partial charge in [0.05, 0.1) is 0 Å². The molecule has 1 fully saturated rings. The maximum Gasteiger partial charge on any atom is 0.336 e. The van der Waals surface area contributed by atoms with Gasteiger partial charge in [-0.1, -0.05) is 12.8 Å². The molecule has 92 valence electrons. The van der Waals surface area contributed by atoms with E-state index in [-0.39, 0.29) is 13.2 Å². The van der Waals surface area contributed by atoms with Crippen molar-refractivity contribution in [1.82, 2.24) is 0 Å². The number of carbonyl (C=O) groups is 2. The molecule has 1 saturated heterocycles. The highest BCUT2D eigenvalue weighted by atomic mass is 16.6. The van der Waals surface area contributed by atoms with Gasteiger partial charge in [0, 0.05) is 13.2 Å². The second kappa shape index (κ2) is 6.44. The molecule has 2 N–H and O–H groups in total. The molecule has 6 heteroatoms. The largest absolute Gasteiger partial charge is 0.479 e. The van der Waals surface area contributed by atoms with Gasteiger partial charge < -0.3 is 19.7 Å². The normalized spacial score (nSPS) is 28.2. The Bertz CT molecular complexity index is 226. The minimum Gasteiger partial charge on any atom is -0.479 e. The Labute approximate surface area is 93.2 Å². The average molecular weight is 232 g/mol. The van der Waals surface area contributed by atoms with Gasteiger partial charge in [-0.15, -0.1) is 0 Å². The van der Waals surface area contributed by atoms with Crippen molar-refractivity contribution in [2.45, 2.75) is 37.9 Å². The number of carboxylic acids is 2. The van der Waals surface area contributed by atoms with Crippen LogP contribution in [0.25, 0.3) is 0 Å². The van der Waals surface area contributed by atoms with Crippen LogP contribution >= 0.6 is 0 Å². The molecule has 1 heterocycles. The summed E-state index contributed by atoms with van der Waals surface area (Å²) in [6.45, 7) is 0.508. The minimum atomic E-state index is -1.42. The van der Waals surface area contributed by atoms with Crippen molar-refractivity contribution in [3.63, 3.8) is 0 Å². The number of aliphatic carboxylic acids is 2. The zero-order chi connectivity index (χ0) is 12.0. The third-order valence-corrected chi connectivity index (χ3v) is 2.40. The molecular weight excluding hydrogens is 216 g/mol. The summed E-state index contributed by atoms with van der Waals surface area (Å²) < 4.78 is 10.1. The highest BCUT2D eigenvalue weighted by Crippen LogP contribution is 2.12. The molecule has 0 aliphatic carbocycles. The molecule has 1 rings (SSSR count). The predicted molar refractivity (Wildman–Crippen MR) is 53.2 cm³/mol. The summed E-state index contributed by atoms with van der Waals surface area (Å²) in [5.41, 5.74) is 0. The maximum absolute atomic E-state index is 10.9. The Morgan fingerprint density at radius 1 is 0.812 bits per heavy atom. The topological polar surface area (TPSA) is 93.1 Å². The lowest BCUT2D eigenvalue weighted by molar-refractivity contribution is -0.177.